The molecule has 4 aromatic carbocycles. The smallest absolute Gasteiger partial charge is 0.137 e. The van der Waals surface area contributed by atoms with Crippen LogP contribution in [-0.4, -0.2) is 30.2 Å². The van der Waals surface area contributed by atoms with E-state index in [-0.39, 0.29) is 24.2 Å². The van der Waals surface area contributed by atoms with Gasteiger partial charge in [-0.05, 0) is 58.0 Å². The number of amides is 1. The summed E-state index contributed by atoms with van der Waals surface area (Å²) in [6.07, 6.45) is -0.908. The van der Waals surface area contributed by atoms with Gasteiger partial charge in [0.15, 0.2) is 0 Å². The Kier molecular flexibility index (Phi) is 6.77. The molecular formula is C30H27FNO3-. The molecule has 5 rings (SSSR count). The third kappa shape index (κ3) is 5.36. The molecule has 1 saturated heterocycles. The first-order valence-corrected chi connectivity index (χ1v) is 11.9. The van der Waals surface area contributed by atoms with Crippen LogP contribution < -0.4 is 5.11 Å². The van der Waals surface area contributed by atoms with Crippen molar-refractivity contribution >= 4 is 16.9 Å². The number of ether oxygens (including phenoxy) is 1. The number of carbonyl (C=O) groups excluding carboxylic acids is 1. The lowest BCUT2D eigenvalue weighted by Gasteiger charge is -2.45. The fourth-order valence-electron chi connectivity index (χ4n) is 5.22. The van der Waals surface area contributed by atoms with Crippen LogP contribution in [0.15, 0.2) is 97.1 Å². The number of carbonyl (C=O) groups is 1. The molecule has 0 saturated carbocycles. The molecule has 1 fully saturated rings. The second kappa shape index (κ2) is 10.3. The predicted octanol–water partition coefficient (Wildman–Crippen LogP) is 5.17. The van der Waals surface area contributed by atoms with Gasteiger partial charge in [-0.25, -0.2) is 4.39 Å². The molecule has 3 unspecified atom stereocenters. The van der Waals surface area contributed by atoms with Crippen LogP contribution in [0, 0.1) is 11.7 Å². The molecule has 178 valence electrons. The molecule has 1 heterocycles. The van der Waals surface area contributed by atoms with E-state index in [1.165, 1.54) is 17.0 Å². The second-order valence-corrected chi connectivity index (χ2v) is 9.23. The Morgan fingerprint density at radius 1 is 0.857 bits per heavy atom. The third-order valence-electron chi connectivity index (χ3n) is 6.90. The van der Waals surface area contributed by atoms with Gasteiger partial charge in [0, 0.05) is 19.0 Å². The summed E-state index contributed by atoms with van der Waals surface area (Å²) in [4.78, 5) is 13.3. The zero-order chi connectivity index (χ0) is 24.2. The fourth-order valence-corrected chi connectivity index (χ4v) is 5.22. The maximum absolute atomic E-state index is 13.7. The largest absolute Gasteiger partial charge is 0.530 e. The molecule has 1 aliphatic rings. The number of piperidine rings is 1. The van der Waals surface area contributed by atoms with Crippen LogP contribution in [0.3, 0.4) is 0 Å². The molecule has 5 heteroatoms. The molecule has 0 bridgehead atoms. The van der Waals surface area contributed by atoms with E-state index in [1.54, 1.807) is 12.1 Å². The molecule has 4 aromatic rings. The van der Waals surface area contributed by atoms with Crippen LogP contribution in [-0.2, 0) is 17.8 Å². The minimum Gasteiger partial charge on any atom is -0.530 e. The first-order valence-electron chi connectivity index (χ1n) is 11.9. The van der Waals surface area contributed by atoms with Crippen LogP contribution >= 0.6 is 0 Å². The van der Waals surface area contributed by atoms with Crippen molar-refractivity contribution in [2.24, 2.45) is 5.92 Å². The van der Waals surface area contributed by atoms with Crippen molar-refractivity contribution in [1.82, 2.24) is 4.90 Å². The van der Waals surface area contributed by atoms with Crippen LogP contribution in [0.25, 0.3) is 10.8 Å². The first-order chi connectivity index (χ1) is 17.1. The Morgan fingerprint density at radius 2 is 1.57 bits per heavy atom. The summed E-state index contributed by atoms with van der Waals surface area (Å²) in [6, 6.07) is 30.9. The van der Waals surface area contributed by atoms with Gasteiger partial charge in [0.05, 0.1) is 12.7 Å². The Balaban J connectivity index is 1.45. The summed E-state index contributed by atoms with van der Waals surface area (Å²) in [5.74, 6) is -0.433. The molecule has 0 aromatic heterocycles. The quantitative estimate of drug-likeness (QED) is 0.393. The first kappa shape index (κ1) is 23.1. The lowest BCUT2D eigenvalue weighted by molar-refractivity contribution is -0.269. The molecule has 0 N–H and O–H groups in total. The Morgan fingerprint density at radius 3 is 2.31 bits per heavy atom. The minimum atomic E-state index is -1.19. The van der Waals surface area contributed by atoms with E-state index in [2.05, 4.69) is 24.3 Å². The van der Waals surface area contributed by atoms with E-state index in [4.69, 9.17) is 4.74 Å². The van der Waals surface area contributed by atoms with Crippen molar-refractivity contribution in [1.29, 1.82) is 0 Å². The SMILES string of the molecule is O=C([O-])N1CC(Cc2ccccc2)C(c2ccc(F)cc2)C(OCc2ccc3ccccc3c2)C1. The van der Waals surface area contributed by atoms with E-state index in [1.807, 2.05) is 48.5 Å². The number of nitrogens with zero attached hydrogens (tertiary/aromatic N) is 1. The lowest BCUT2D eigenvalue weighted by Crippen LogP contribution is -2.55. The predicted molar refractivity (Wildman–Crippen MR) is 132 cm³/mol. The summed E-state index contributed by atoms with van der Waals surface area (Å²) in [6.45, 7) is 0.907. The monoisotopic (exact) mass is 468 g/mol. The highest BCUT2D eigenvalue weighted by molar-refractivity contribution is 5.82. The average molecular weight is 469 g/mol. The van der Waals surface area contributed by atoms with Gasteiger partial charge in [-0.1, -0.05) is 78.9 Å². The standard InChI is InChI=1S/C30H28FNO3/c31-27-14-12-24(13-15-27)29-26(16-21-6-2-1-3-7-21)18-32(30(33)34)19-28(29)35-20-22-10-11-23-8-4-5-9-25(23)17-22/h1-15,17,26,28-29H,16,18-20H2,(H,33,34)/p-1. The van der Waals surface area contributed by atoms with Gasteiger partial charge in [-0.2, -0.15) is 0 Å². The Labute approximate surface area is 204 Å². The maximum atomic E-state index is 13.7. The molecule has 3 atom stereocenters. The summed E-state index contributed by atoms with van der Waals surface area (Å²) < 4.78 is 20.2. The van der Waals surface area contributed by atoms with Crippen molar-refractivity contribution in [3.63, 3.8) is 0 Å². The Bertz CT molecular complexity index is 1290. The number of rotatable bonds is 6. The van der Waals surface area contributed by atoms with E-state index in [0.717, 1.165) is 27.5 Å². The highest BCUT2D eigenvalue weighted by Gasteiger charge is 2.38. The number of carboxylic acid groups (broad SMARTS) is 1. The maximum Gasteiger partial charge on any atom is 0.137 e. The molecule has 4 nitrogen and oxygen atoms in total. The van der Waals surface area contributed by atoms with Crippen molar-refractivity contribution < 1.29 is 19.0 Å². The molecule has 1 amide bonds. The highest BCUT2D eigenvalue weighted by Crippen LogP contribution is 2.37. The average Bonchev–Trinajstić information content (AvgIpc) is 2.88. The van der Waals surface area contributed by atoms with Crippen molar-refractivity contribution in [2.45, 2.75) is 25.0 Å². The second-order valence-electron chi connectivity index (χ2n) is 9.23. The number of hydrogen-bond acceptors (Lipinski definition) is 3. The molecular weight excluding hydrogens is 441 g/mol. The van der Waals surface area contributed by atoms with Gasteiger partial charge in [-0.15, -0.1) is 0 Å². The zero-order valence-electron chi connectivity index (χ0n) is 19.3. The van der Waals surface area contributed by atoms with Gasteiger partial charge < -0.3 is 19.5 Å². The molecule has 0 radical (unpaired) electrons. The van der Waals surface area contributed by atoms with Gasteiger partial charge in [0.25, 0.3) is 0 Å². The van der Waals surface area contributed by atoms with E-state index in [0.29, 0.717) is 19.6 Å². The van der Waals surface area contributed by atoms with Crippen molar-refractivity contribution in [3.8, 4) is 0 Å². The fraction of sp³-hybridized carbons (Fsp3) is 0.233. The van der Waals surface area contributed by atoms with Crippen molar-refractivity contribution in [2.75, 3.05) is 13.1 Å². The lowest BCUT2D eigenvalue weighted by atomic mass is 9.75. The van der Waals surface area contributed by atoms with E-state index < -0.39 is 12.2 Å². The van der Waals surface area contributed by atoms with Gasteiger partial charge in [-0.3, -0.25) is 0 Å². The van der Waals surface area contributed by atoms with Crippen LogP contribution in [0.2, 0.25) is 0 Å². The number of likely N-dealkylation sites (tertiary alicyclic amines) is 1. The summed E-state index contributed by atoms with van der Waals surface area (Å²) in [7, 11) is 0. The van der Waals surface area contributed by atoms with E-state index >= 15 is 0 Å². The van der Waals surface area contributed by atoms with Crippen LogP contribution in [0.4, 0.5) is 9.18 Å². The van der Waals surface area contributed by atoms with Crippen LogP contribution in [0.5, 0.6) is 0 Å². The van der Waals surface area contributed by atoms with Gasteiger partial charge in [0.1, 0.15) is 11.9 Å². The van der Waals surface area contributed by atoms with Crippen molar-refractivity contribution in [3.05, 3.63) is 120 Å². The normalized spacial score (nSPS) is 20.1. The summed E-state index contributed by atoms with van der Waals surface area (Å²) >= 11 is 0. The number of benzene rings is 4. The minimum absolute atomic E-state index is 0.0453. The number of fused-ring (bicyclic) bond motifs is 1. The summed E-state index contributed by atoms with van der Waals surface area (Å²) in [5.41, 5.74) is 3.10. The molecule has 0 aliphatic carbocycles. The number of hydrogen-bond donors (Lipinski definition) is 0. The number of halogens is 1. The third-order valence-corrected chi connectivity index (χ3v) is 6.90. The topological polar surface area (TPSA) is 52.6 Å². The highest BCUT2D eigenvalue weighted by atomic mass is 19.1. The van der Waals surface area contributed by atoms with Gasteiger partial charge >= 0.3 is 0 Å². The van der Waals surface area contributed by atoms with Crippen LogP contribution in [0.1, 0.15) is 22.6 Å². The zero-order valence-corrected chi connectivity index (χ0v) is 19.3. The molecule has 1 aliphatic heterocycles. The molecule has 35 heavy (non-hydrogen) atoms. The van der Waals surface area contributed by atoms with E-state index in [9.17, 15) is 14.3 Å². The molecule has 0 spiro atoms. The van der Waals surface area contributed by atoms with Gasteiger partial charge in [0.2, 0.25) is 0 Å². The Hall–Kier alpha value is -3.70. The summed E-state index contributed by atoms with van der Waals surface area (Å²) in [5, 5.41) is 14.2.